The Morgan fingerprint density at radius 1 is 1.25 bits per heavy atom. The molecule has 0 fully saturated rings. The Hall–Kier alpha value is -0.473. The van der Waals surface area contributed by atoms with Crippen LogP contribution in [0.1, 0.15) is 1.43 Å². The van der Waals surface area contributed by atoms with Gasteiger partial charge in [-0.15, -0.1) is 0 Å². The minimum atomic E-state index is -4.08. The summed E-state index contributed by atoms with van der Waals surface area (Å²) in [7, 11) is -4.08. The van der Waals surface area contributed by atoms with Gasteiger partial charge in [-0.1, -0.05) is 0 Å². The number of nitrogens with two attached hydrogens (primary N) is 1. The van der Waals surface area contributed by atoms with Crippen molar-refractivity contribution in [1.29, 1.82) is 0 Å². The number of rotatable bonds is 1. The van der Waals surface area contributed by atoms with Crippen molar-refractivity contribution in [3.8, 4) is 0 Å². The standard InChI is InChI=1S/C6H7NO3S.Li.H/c7-5-1-3-6(4-2-5)11(8,9)10;;/h1-4H,7H2,(H,8,9,10);;/q;+1;-1. The van der Waals surface area contributed by atoms with Gasteiger partial charge in [0.05, 0.1) is 4.90 Å². The summed E-state index contributed by atoms with van der Waals surface area (Å²) in [5.74, 6) is 0. The second-order valence-electron chi connectivity index (χ2n) is 2.04. The molecular weight excluding hydrogens is 173 g/mol. The normalized spacial score (nSPS) is 10.4. The Kier molecular flexibility index (Phi) is 3.81. The average molecular weight is 181 g/mol. The first-order valence-electron chi connectivity index (χ1n) is 2.83. The van der Waals surface area contributed by atoms with Crippen LogP contribution in [0.3, 0.4) is 0 Å². The molecule has 0 amide bonds. The maximum atomic E-state index is 10.5. The second kappa shape index (κ2) is 3.96. The molecule has 0 bridgehead atoms. The van der Waals surface area contributed by atoms with Gasteiger partial charge in [0.15, 0.2) is 0 Å². The molecule has 0 heterocycles. The zero-order valence-corrected chi connectivity index (χ0v) is 7.38. The summed E-state index contributed by atoms with van der Waals surface area (Å²) >= 11 is 0. The molecule has 0 aliphatic heterocycles. The van der Waals surface area contributed by atoms with Gasteiger partial charge in [0.2, 0.25) is 0 Å². The van der Waals surface area contributed by atoms with Crippen molar-refractivity contribution in [2.45, 2.75) is 4.90 Å². The third-order valence-electron chi connectivity index (χ3n) is 1.18. The Morgan fingerprint density at radius 3 is 2.00 bits per heavy atom. The van der Waals surface area contributed by atoms with Crippen LogP contribution in [0.2, 0.25) is 0 Å². The molecule has 1 aromatic carbocycles. The van der Waals surface area contributed by atoms with Gasteiger partial charge in [0.1, 0.15) is 0 Å². The predicted molar refractivity (Wildman–Crippen MR) is 41.8 cm³/mol. The minimum Gasteiger partial charge on any atom is -1.00 e. The van der Waals surface area contributed by atoms with Gasteiger partial charge in [0, 0.05) is 5.69 Å². The zero-order chi connectivity index (χ0) is 8.48. The molecule has 1 rings (SSSR count). The molecule has 0 aromatic heterocycles. The summed E-state index contributed by atoms with van der Waals surface area (Å²) in [4.78, 5) is -0.147. The molecule has 0 unspecified atom stereocenters. The van der Waals surface area contributed by atoms with E-state index in [0.717, 1.165) is 0 Å². The fraction of sp³-hybridized carbons (Fsp3) is 0. The van der Waals surface area contributed by atoms with E-state index in [4.69, 9.17) is 10.3 Å². The molecule has 4 nitrogen and oxygen atoms in total. The van der Waals surface area contributed by atoms with E-state index in [1.807, 2.05) is 0 Å². The van der Waals surface area contributed by atoms with Crippen LogP contribution in [0.25, 0.3) is 0 Å². The van der Waals surface area contributed by atoms with Crippen molar-refractivity contribution >= 4 is 15.8 Å². The van der Waals surface area contributed by atoms with Crippen LogP contribution >= 0.6 is 0 Å². The Morgan fingerprint density at radius 2 is 1.67 bits per heavy atom. The van der Waals surface area contributed by atoms with Crippen molar-refractivity contribution in [1.82, 2.24) is 0 Å². The monoisotopic (exact) mass is 181 g/mol. The SMILES string of the molecule is Nc1ccc(S(=O)(=O)O)cc1.[H-].[Li+]. The van der Waals surface area contributed by atoms with Gasteiger partial charge >= 0.3 is 18.9 Å². The topological polar surface area (TPSA) is 80.4 Å². The molecule has 0 aliphatic rings. The smallest absolute Gasteiger partial charge is 1.00 e. The van der Waals surface area contributed by atoms with Gasteiger partial charge in [0.25, 0.3) is 10.1 Å². The summed E-state index contributed by atoms with van der Waals surface area (Å²) < 4.78 is 29.4. The molecule has 0 saturated carbocycles. The maximum absolute atomic E-state index is 10.5. The van der Waals surface area contributed by atoms with E-state index >= 15 is 0 Å². The molecule has 12 heavy (non-hydrogen) atoms. The first-order valence-corrected chi connectivity index (χ1v) is 4.27. The van der Waals surface area contributed by atoms with E-state index in [0.29, 0.717) is 5.69 Å². The number of benzene rings is 1. The van der Waals surface area contributed by atoms with Crippen LogP contribution in [-0.2, 0) is 10.1 Å². The molecule has 3 N–H and O–H groups in total. The second-order valence-corrected chi connectivity index (χ2v) is 3.47. The summed E-state index contributed by atoms with van der Waals surface area (Å²) in [5.41, 5.74) is 5.75. The van der Waals surface area contributed by atoms with E-state index in [9.17, 15) is 8.42 Å². The Balaban J connectivity index is 0. The third kappa shape index (κ3) is 2.87. The fourth-order valence-corrected chi connectivity index (χ4v) is 1.12. The van der Waals surface area contributed by atoms with E-state index in [1.165, 1.54) is 24.3 Å². The molecule has 62 valence electrons. The molecule has 0 spiro atoms. The molecule has 6 heteroatoms. The number of anilines is 1. The quantitative estimate of drug-likeness (QED) is 0.288. The average Bonchev–Trinajstić information content (AvgIpc) is 1.86. The molecular formula is C6H8LiNO3S. The van der Waals surface area contributed by atoms with Gasteiger partial charge in [-0.25, -0.2) is 0 Å². The van der Waals surface area contributed by atoms with Crippen LogP contribution in [-0.4, -0.2) is 13.0 Å². The summed E-state index contributed by atoms with van der Waals surface area (Å²) in [6, 6.07) is 5.29. The molecule has 0 radical (unpaired) electrons. The van der Waals surface area contributed by atoms with Crippen molar-refractivity contribution in [2.75, 3.05) is 5.73 Å². The van der Waals surface area contributed by atoms with E-state index < -0.39 is 10.1 Å². The minimum absolute atomic E-state index is 0. The van der Waals surface area contributed by atoms with Gasteiger partial charge < -0.3 is 7.16 Å². The van der Waals surface area contributed by atoms with E-state index in [1.54, 1.807) is 0 Å². The van der Waals surface area contributed by atoms with E-state index in [-0.39, 0.29) is 25.2 Å². The zero-order valence-electron chi connectivity index (χ0n) is 7.56. The van der Waals surface area contributed by atoms with Crippen molar-refractivity contribution in [2.24, 2.45) is 0 Å². The number of nitrogen functional groups attached to an aromatic ring is 1. The van der Waals surface area contributed by atoms with Crippen LogP contribution in [0.5, 0.6) is 0 Å². The molecule has 0 atom stereocenters. The number of hydrogen-bond acceptors (Lipinski definition) is 3. The molecule has 0 saturated heterocycles. The summed E-state index contributed by atoms with van der Waals surface area (Å²) in [6.45, 7) is 0. The van der Waals surface area contributed by atoms with Crippen LogP contribution in [0.15, 0.2) is 29.2 Å². The first kappa shape index (κ1) is 11.5. The van der Waals surface area contributed by atoms with Crippen LogP contribution in [0.4, 0.5) is 5.69 Å². The van der Waals surface area contributed by atoms with Crippen LogP contribution in [0, 0.1) is 0 Å². The maximum Gasteiger partial charge on any atom is 1.00 e. The summed E-state index contributed by atoms with van der Waals surface area (Å²) in [5, 5.41) is 0. The molecule has 0 aliphatic carbocycles. The summed E-state index contributed by atoms with van der Waals surface area (Å²) in [6.07, 6.45) is 0. The Labute approximate surface area is 84.2 Å². The van der Waals surface area contributed by atoms with Gasteiger partial charge in [-0.2, -0.15) is 8.42 Å². The predicted octanol–water partition coefficient (Wildman–Crippen LogP) is -2.37. The third-order valence-corrected chi connectivity index (χ3v) is 2.05. The van der Waals surface area contributed by atoms with Gasteiger partial charge in [-0.05, 0) is 24.3 Å². The van der Waals surface area contributed by atoms with Crippen molar-refractivity contribution < 1.29 is 33.3 Å². The Bertz CT molecular complexity index is 351. The first-order chi connectivity index (χ1) is 5.00. The van der Waals surface area contributed by atoms with E-state index in [2.05, 4.69) is 0 Å². The number of hydrogen-bond donors (Lipinski definition) is 2. The largest absolute Gasteiger partial charge is 1.00 e. The van der Waals surface area contributed by atoms with Crippen LogP contribution < -0.4 is 24.6 Å². The van der Waals surface area contributed by atoms with Crippen molar-refractivity contribution in [3.05, 3.63) is 24.3 Å². The van der Waals surface area contributed by atoms with Gasteiger partial charge in [-0.3, -0.25) is 4.55 Å². The fourth-order valence-electron chi connectivity index (χ4n) is 0.640. The molecule has 1 aromatic rings. The van der Waals surface area contributed by atoms with Crippen molar-refractivity contribution in [3.63, 3.8) is 0 Å².